The average molecular weight is 421 g/mol. The van der Waals surface area contributed by atoms with Crippen molar-refractivity contribution in [3.63, 3.8) is 0 Å². The Kier molecular flexibility index (Phi) is 6.43. The molecule has 1 heterocycles. The summed E-state index contributed by atoms with van der Waals surface area (Å²) in [6.45, 7) is 4.03. The van der Waals surface area contributed by atoms with Crippen LogP contribution < -0.4 is 5.32 Å². The molecular weight excluding hydrogens is 406 g/mol. The van der Waals surface area contributed by atoms with E-state index < -0.39 is 17.5 Å². The third-order valence-electron chi connectivity index (χ3n) is 3.68. The van der Waals surface area contributed by atoms with Gasteiger partial charge < -0.3 is 5.32 Å². The largest absolute Gasteiger partial charge is 0.323 e. The highest BCUT2D eigenvalue weighted by molar-refractivity contribution is 7.99. The van der Waals surface area contributed by atoms with E-state index >= 15 is 0 Å². The summed E-state index contributed by atoms with van der Waals surface area (Å²) in [6.07, 6.45) is 1.62. The molecule has 0 fully saturated rings. The van der Waals surface area contributed by atoms with Crippen molar-refractivity contribution in [1.29, 1.82) is 0 Å². The summed E-state index contributed by atoms with van der Waals surface area (Å²) >= 11 is 6.92. The topological polar surface area (TPSA) is 59.8 Å². The molecule has 28 heavy (non-hydrogen) atoms. The van der Waals surface area contributed by atoms with E-state index in [4.69, 9.17) is 11.6 Å². The van der Waals surface area contributed by atoms with Gasteiger partial charge in [-0.05, 0) is 30.3 Å². The molecule has 0 bridgehead atoms. The minimum atomic E-state index is -0.584. The molecule has 1 amide bonds. The molecule has 0 unspecified atom stereocenters. The van der Waals surface area contributed by atoms with Crippen molar-refractivity contribution < 1.29 is 13.6 Å². The third kappa shape index (κ3) is 4.58. The summed E-state index contributed by atoms with van der Waals surface area (Å²) in [5.41, 5.74) is 0.298. The molecule has 144 valence electrons. The van der Waals surface area contributed by atoms with Crippen LogP contribution in [0.2, 0.25) is 5.02 Å². The first-order chi connectivity index (χ1) is 13.5. The smallest absolute Gasteiger partial charge is 0.234 e. The van der Waals surface area contributed by atoms with Crippen molar-refractivity contribution in [3.8, 4) is 11.4 Å². The lowest BCUT2D eigenvalue weighted by atomic mass is 10.2. The van der Waals surface area contributed by atoms with Gasteiger partial charge in [0.2, 0.25) is 5.91 Å². The second-order valence-corrected chi connectivity index (χ2v) is 7.03. The SMILES string of the molecule is C=CCn1c(SCC(=O)Nc2cc(Cl)ccc2F)nnc1-c1ccccc1F. The Bertz CT molecular complexity index is 1020. The van der Waals surface area contributed by atoms with E-state index in [1.807, 2.05) is 0 Å². The highest BCUT2D eigenvalue weighted by atomic mass is 35.5. The lowest BCUT2D eigenvalue weighted by Gasteiger charge is -2.09. The second-order valence-electron chi connectivity index (χ2n) is 5.65. The Balaban J connectivity index is 1.75. The molecule has 1 N–H and O–H groups in total. The van der Waals surface area contributed by atoms with Crippen molar-refractivity contribution in [3.05, 3.63) is 71.8 Å². The van der Waals surface area contributed by atoms with Crippen LogP contribution in [0.5, 0.6) is 0 Å². The van der Waals surface area contributed by atoms with Crippen LogP contribution in [0.3, 0.4) is 0 Å². The van der Waals surface area contributed by atoms with Crippen molar-refractivity contribution in [1.82, 2.24) is 14.8 Å². The van der Waals surface area contributed by atoms with Gasteiger partial charge in [-0.1, -0.05) is 41.6 Å². The zero-order valence-corrected chi connectivity index (χ0v) is 16.1. The molecule has 2 aromatic carbocycles. The number of nitrogens with zero attached hydrogens (tertiary/aromatic N) is 3. The molecule has 0 aliphatic carbocycles. The van der Waals surface area contributed by atoms with Crippen LogP contribution in [0.4, 0.5) is 14.5 Å². The Morgan fingerprint density at radius 2 is 2.00 bits per heavy atom. The molecule has 0 aliphatic heterocycles. The lowest BCUT2D eigenvalue weighted by molar-refractivity contribution is -0.113. The molecule has 3 rings (SSSR count). The Labute approximate surface area is 169 Å². The maximum atomic E-state index is 14.1. The fourth-order valence-electron chi connectivity index (χ4n) is 2.44. The van der Waals surface area contributed by atoms with Crippen LogP contribution in [0.15, 0.2) is 60.3 Å². The molecule has 0 saturated carbocycles. The van der Waals surface area contributed by atoms with Crippen LogP contribution in [0, 0.1) is 11.6 Å². The summed E-state index contributed by atoms with van der Waals surface area (Å²) in [4.78, 5) is 12.2. The number of nitrogens with one attached hydrogen (secondary N) is 1. The minimum absolute atomic E-state index is 0.00213. The van der Waals surface area contributed by atoms with Crippen LogP contribution >= 0.6 is 23.4 Å². The average Bonchev–Trinajstić information content (AvgIpc) is 3.06. The quantitative estimate of drug-likeness (QED) is 0.441. The van der Waals surface area contributed by atoms with Crippen molar-refractivity contribution in [2.24, 2.45) is 0 Å². The number of benzene rings is 2. The van der Waals surface area contributed by atoms with Gasteiger partial charge in [0.05, 0.1) is 17.0 Å². The Morgan fingerprint density at radius 1 is 1.21 bits per heavy atom. The van der Waals surface area contributed by atoms with E-state index in [-0.39, 0.29) is 11.4 Å². The van der Waals surface area contributed by atoms with E-state index in [1.165, 1.54) is 24.3 Å². The number of carbonyl (C=O) groups is 1. The third-order valence-corrected chi connectivity index (χ3v) is 4.88. The van der Waals surface area contributed by atoms with Gasteiger partial charge in [-0.25, -0.2) is 8.78 Å². The van der Waals surface area contributed by atoms with Gasteiger partial charge in [-0.15, -0.1) is 16.8 Å². The zero-order chi connectivity index (χ0) is 20.1. The number of thioether (sulfide) groups is 1. The van der Waals surface area contributed by atoms with E-state index in [0.717, 1.165) is 11.8 Å². The molecule has 0 aliphatic rings. The minimum Gasteiger partial charge on any atom is -0.323 e. The standard InChI is InChI=1S/C19H15ClF2N4OS/c1-2-9-26-18(13-5-3-4-6-14(13)21)24-25-19(26)28-11-17(27)23-16-10-12(20)7-8-15(16)22/h2-8,10H,1,9,11H2,(H,23,27). The van der Waals surface area contributed by atoms with Gasteiger partial charge in [0.1, 0.15) is 11.6 Å². The Hall–Kier alpha value is -2.71. The van der Waals surface area contributed by atoms with Gasteiger partial charge in [-0.2, -0.15) is 0 Å². The highest BCUT2D eigenvalue weighted by Crippen LogP contribution is 2.26. The molecule has 9 heteroatoms. The molecule has 0 saturated heterocycles. The van der Waals surface area contributed by atoms with Gasteiger partial charge in [0.15, 0.2) is 11.0 Å². The number of hydrogen-bond acceptors (Lipinski definition) is 4. The summed E-state index contributed by atoms with van der Waals surface area (Å²) in [5.74, 6) is -1.16. The van der Waals surface area contributed by atoms with Crippen LogP contribution in [0.25, 0.3) is 11.4 Å². The molecule has 5 nitrogen and oxygen atoms in total. The number of hydrogen-bond donors (Lipinski definition) is 1. The van der Waals surface area contributed by atoms with Gasteiger partial charge in [0, 0.05) is 11.6 Å². The Morgan fingerprint density at radius 3 is 2.75 bits per heavy atom. The number of allylic oxidation sites excluding steroid dienone is 1. The fourth-order valence-corrected chi connectivity index (χ4v) is 3.36. The van der Waals surface area contributed by atoms with Crippen LogP contribution in [-0.4, -0.2) is 26.4 Å². The van der Waals surface area contributed by atoms with Gasteiger partial charge >= 0.3 is 0 Å². The number of anilines is 1. The summed E-state index contributed by atoms with van der Waals surface area (Å²) in [5, 5.41) is 11.3. The molecule has 1 aromatic heterocycles. The van der Waals surface area contributed by atoms with Crippen LogP contribution in [0.1, 0.15) is 0 Å². The molecule has 0 spiro atoms. The summed E-state index contributed by atoms with van der Waals surface area (Å²) < 4.78 is 29.5. The number of carbonyl (C=O) groups excluding carboxylic acids is 1. The van der Waals surface area contributed by atoms with Gasteiger partial charge in [0.25, 0.3) is 0 Å². The summed E-state index contributed by atoms with van der Waals surface area (Å²) in [7, 11) is 0. The predicted octanol–water partition coefficient (Wildman–Crippen LogP) is 4.79. The number of amides is 1. The van der Waals surface area contributed by atoms with E-state index in [2.05, 4.69) is 22.1 Å². The summed E-state index contributed by atoms with van der Waals surface area (Å²) in [6, 6.07) is 10.1. The van der Waals surface area contributed by atoms with E-state index in [0.29, 0.717) is 28.1 Å². The molecule has 0 atom stereocenters. The first-order valence-electron chi connectivity index (χ1n) is 8.16. The number of halogens is 3. The first-order valence-corrected chi connectivity index (χ1v) is 9.52. The highest BCUT2D eigenvalue weighted by Gasteiger charge is 2.17. The van der Waals surface area contributed by atoms with Gasteiger partial charge in [-0.3, -0.25) is 9.36 Å². The predicted molar refractivity (Wildman–Crippen MR) is 106 cm³/mol. The maximum absolute atomic E-state index is 14.1. The zero-order valence-electron chi connectivity index (χ0n) is 14.5. The number of aromatic nitrogens is 3. The fraction of sp³-hybridized carbons (Fsp3) is 0.105. The second kappa shape index (κ2) is 8.99. The van der Waals surface area contributed by atoms with E-state index in [1.54, 1.807) is 28.8 Å². The number of rotatable bonds is 7. The van der Waals surface area contributed by atoms with Crippen molar-refractivity contribution in [2.75, 3.05) is 11.1 Å². The maximum Gasteiger partial charge on any atom is 0.234 e. The molecule has 3 aromatic rings. The molecular formula is C19H15ClF2N4OS. The normalized spacial score (nSPS) is 10.7. The molecule has 0 radical (unpaired) electrons. The lowest BCUT2D eigenvalue weighted by Crippen LogP contribution is -2.15. The van der Waals surface area contributed by atoms with Crippen molar-refractivity contribution in [2.45, 2.75) is 11.7 Å². The first kappa shape index (κ1) is 20.0. The van der Waals surface area contributed by atoms with Crippen molar-refractivity contribution >= 4 is 35.0 Å². The monoisotopic (exact) mass is 420 g/mol. The van der Waals surface area contributed by atoms with Crippen LogP contribution in [-0.2, 0) is 11.3 Å². The van der Waals surface area contributed by atoms with E-state index in [9.17, 15) is 13.6 Å².